The largest absolute Gasteiger partial charge is 0.410 e. The SMILES string of the molecule is CN1c2ccccc2C(C)(C)[C@@]12C=C(c1ccc(/C(=N\O)c3ccccc3)cc1)NO2. The van der Waals surface area contributed by atoms with Gasteiger partial charge in [-0.2, -0.15) is 0 Å². The standard InChI is InChI=1S/C26H25N3O2/c1-25(2)21-11-7-8-12-23(21)29(3)26(25)17-22(28-31-26)18-13-15-20(16-14-18)24(27-30)19-9-5-4-6-10-19/h4-17,28,30H,1-3H3/b27-24-/t26-/m0/s1. The number of oxime groups is 1. The Labute approximate surface area is 182 Å². The summed E-state index contributed by atoms with van der Waals surface area (Å²) in [7, 11) is 2.07. The van der Waals surface area contributed by atoms with Crippen LogP contribution in [0.3, 0.4) is 0 Å². The zero-order valence-electron chi connectivity index (χ0n) is 17.8. The third-order valence-corrected chi connectivity index (χ3v) is 6.61. The van der Waals surface area contributed by atoms with Crippen LogP contribution in [0.25, 0.3) is 5.70 Å². The van der Waals surface area contributed by atoms with Crippen molar-refractivity contribution in [3.63, 3.8) is 0 Å². The molecule has 3 aromatic carbocycles. The first kappa shape index (κ1) is 19.4. The van der Waals surface area contributed by atoms with E-state index in [2.05, 4.69) is 66.8 Å². The number of likely N-dealkylation sites (N-methyl/N-ethyl adjacent to an activating group) is 1. The number of nitrogens with zero attached hydrogens (tertiary/aromatic N) is 2. The molecule has 5 heteroatoms. The van der Waals surface area contributed by atoms with Crippen molar-refractivity contribution in [1.82, 2.24) is 5.48 Å². The van der Waals surface area contributed by atoms with E-state index in [1.54, 1.807) is 0 Å². The van der Waals surface area contributed by atoms with Gasteiger partial charge in [0.2, 0.25) is 0 Å². The number of fused-ring (bicyclic) bond motifs is 1. The van der Waals surface area contributed by atoms with E-state index < -0.39 is 5.72 Å². The Morgan fingerprint density at radius 2 is 1.55 bits per heavy atom. The van der Waals surface area contributed by atoms with E-state index in [4.69, 9.17) is 4.84 Å². The molecule has 0 saturated carbocycles. The smallest absolute Gasteiger partial charge is 0.197 e. The number of benzene rings is 3. The summed E-state index contributed by atoms with van der Waals surface area (Å²) in [6.45, 7) is 4.42. The van der Waals surface area contributed by atoms with Crippen molar-refractivity contribution < 1.29 is 10.0 Å². The Kier molecular flexibility index (Phi) is 4.38. The summed E-state index contributed by atoms with van der Waals surface area (Å²) in [4.78, 5) is 8.46. The average molecular weight is 412 g/mol. The number of anilines is 1. The van der Waals surface area contributed by atoms with Crippen molar-refractivity contribution in [2.75, 3.05) is 11.9 Å². The monoisotopic (exact) mass is 411 g/mol. The lowest BCUT2D eigenvalue weighted by Gasteiger charge is -2.39. The molecule has 5 nitrogen and oxygen atoms in total. The van der Waals surface area contributed by atoms with Crippen LogP contribution in [0.4, 0.5) is 5.69 Å². The lowest BCUT2D eigenvalue weighted by Crippen LogP contribution is -2.54. The average Bonchev–Trinajstić information content (AvgIpc) is 3.33. The maximum absolute atomic E-state index is 9.56. The summed E-state index contributed by atoms with van der Waals surface area (Å²) < 4.78 is 0. The lowest BCUT2D eigenvalue weighted by molar-refractivity contribution is -0.0678. The molecule has 0 unspecified atom stereocenters. The molecule has 31 heavy (non-hydrogen) atoms. The summed E-state index contributed by atoms with van der Waals surface area (Å²) in [5, 5.41) is 13.1. The van der Waals surface area contributed by atoms with Gasteiger partial charge in [-0.05, 0) is 23.3 Å². The molecule has 1 spiro atoms. The minimum Gasteiger partial charge on any atom is -0.410 e. The number of rotatable bonds is 3. The van der Waals surface area contributed by atoms with E-state index in [1.807, 2.05) is 54.6 Å². The highest BCUT2D eigenvalue weighted by Crippen LogP contribution is 2.54. The number of hydroxylamine groups is 1. The zero-order chi connectivity index (χ0) is 21.6. The van der Waals surface area contributed by atoms with Gasteiger partial charge in [-0.3, -0.25) is 5.48 Å². The van der Waals surface area contributed by atoms with Gasteiger partial charge >= 0.3 is 0 Å². The fourth-order valence-corrected chi connectivity index (χ4v) is 4.77. The molecule has 0 aliphatic carbocycles. The fourth-order valence-electron chi connectivity index (χ4n) is 4.77. The van der Waals surface area contributed by atoms with Gasteiger partial charge in [0.1, 0.15) is 5.71 Å². The van der Waals surface area contributed by atoms with Crippen LogP contribution < -0.4 is 10.4 Å². The van der Waals surface area contributed by atoms with Crippen molar-refractivity contribution >= 4 is 17.1 Å². The van der Waals surface area contributed by atoms with E-state index >= 15 is 0 Å². The normalized spacial score (nSPS) is 21.7. The molecular formula is C26H25N3O2. The van der Waals surface area contributed by atoms with Gasteiger partial charge in [0, 0.05) is 29.3 Å². The van der Waals surface area contributed by atoms with Gasteiger partial charge in [-0.15, -0.1) is 0 Å². The Bertz CT molecular complexity index is 1180. The van der Waals surface area contributed by atoms with E-state index in [9.17, 15) is 5.21 Å². The summed E-state index contributed by atoms with van der Waals surface area (Å²) in [6, 6.07) is 26.0. The molecule has 0 fully saturated rings. The molecule has 2 aliphatic heterocycles. The van der Waals surface area contributed by atoms with Crippen molar-refractivity contribution in [3.8, 4) is 0 Å². The van der Waals surface area contributed by atoms with Crippen LogP contribution in [0.1, 0.15) is 36.1 Å². The third-order valence-electron chi connectivity index (χ3n) is 6.61. The molecule has 0 bridgehead atoms. The third kappa shape index (κ3) is 2.77. The minimum atomic E-state index is -0.619. The maximum Gasteiger partial charge on any atom is 0.197 e. The Balaban J connectivity index is 1.48. The second kappa shape index (κ2) is 7.00. The summed E-state index contributed by atoms with van der Waals surface area (Å²) in [5.74, 6) is 0. The van der Waals surface area contributed by atoms with E-state index in [0.717, 1.165) is 22.4 Å². The van der Waals surface area contributed by atoms with Crippen LogP contribution in [-0.2, 0) is 10.3 Å². The molecule has 1 atom stereocenters. The Morgan fingerprint density at radius 1 is 0.903 bits per heavy atom. The highest BCUT2D eigenvalue weighted by Gasteiger charge is 2.58. The molecule has 5 rings (SSSR count). The first-order chi connectivity index (χ1) is 15.0. The lowest BCUT2D eigenvalue weighted by atomic mass is 9.77. The van der Waals surface area contributed by atoms with Crippen molar-refractivity contribution in [1.29, 1.82) is 0 Å². The first-order valence-corrected chi connectivity index (χ1v) is 10.4. The van der Waals surface area contributed by atoms with Gasteiger partial charge in [0.15, 0.2) is 5.72 Å². The highest BCUT2D eigenvalue weighted by molar-refractivity contribution is 6.12. The molecule has 0 aromatic heterocycles. The van der Waals surface area contributed by atoms with Gasteiger partial charge in [0.05, 0.1) is 5.70 Å². The Hall–Kier alpha value is -3.57. The molecule has 0 saturated heterocycles. The summed E-state index contributed by atoms with van der Waals surface area (Å²) >= 11 is 0. The fraction of sp³-hybridized carbons (Fsp3) is 0.192. The quantitative estimate of drug-likeness (QED) is 0.365. The predicted molar refractivity (Wildman–Crippen MR) is 123 cm³/mol. The highest BCUT2D eigenvalue weighted by atomic mass is 16.7. The van der Waals surface area contributed by atoms with Crippen molar-refractivity contribution in [3.05, 3.63) is 107 Å². The zero-order valence-corrected chi connectivity index (χ0v) is 17.8. The van der Waals surface area contributed by atoms with E-state index in [0.29, 0.717) is 5.71 Å². The number of para-hydroxylation sites is 1. The van der Waals surface area contributed by atoms with Gasteiger partial charge in [-0.25, -0.2) is 4.84 Å². The summed E-state index contributed by atoms with van der Waals surface area (Å²) in [5.41, 5.74) is 8.92. The van der Waals surface area contributed by atoms with Crippen molar-refractivity contribution in [2.24, 2.45) is 5.16 Å². The molecule has 2 N–H and O–H groups in total. The molecular weight excluding hydrogens is 386 g/mol. The van der Waals surface area contributed by atoms with E-state index in [1.165, 1.54) is 11.3 Å². The molecule has 156 valence electrons. The molecule has 2 aliphatic rings. The van der Waals surface area contributed by atoms with Crippen LogP contribution >= 0.6 is 0 Å². The Morgan fingerprint density at radius 3 is 2.23 bits per heavy atom. The van der Waals surface area contributed by atoms with E-state index in [-0.39, 0.29) is 5.41 Å². The molecule has 2 heterocycles. The maximum atomic E-state index is 9.56. The second-order valence-electron chi connectivity index (χ2n) is 8.55. The van der Waals surface area contributed by atoms with Gasteiger partial charge in [-0.1, -0.05) is 91.8 Å². The van der Waals surface area contributed by atoms with Gasteiger partial charge in [0.25, 0.3) is 0 Å². The topological polar surface area (TPSA) is 57.1 Å². The molecule has 0 amide bonds. The number of hydrogen-bond acceptors (Lipinski definition) is 5. The molecule has 0 radical (unpaired) electrons. The van der Waals surface area contributed by atoms with Crippen LogP contribution in [0.2, 0.25) is 0 Å². The van der Waals surface area contributed by atoms with Crippen LogP contribution in [-0.4, -0.2) is 23.7 Å². The van der Waals surface area contributed by atoms with Crippen LogP contribution in [0.5, 0.6) is 0 Å². The predicted octanol–water partition coefficient (Wildman–Crippen LogP) is 4.91. The first-order valence-electron chi connectivity index (χ1n) is 10.4. The number of nitrogens with one attached hydrogen (secondary N) is 1. The minimum absolute atomic E-state index is 0.239. The van der Waals surface area contributed by atoms with Crippen LogP contribution in [0.15, 0.2) is 90.1 Å². The summed E-state index contributed by atoms with van der Waals surface area (Å²) in [6.07, 6.45) is 2.17. The number of hydrogen-bond donors (Lipinski definition) is 2. The van der Waals surface area contributed by atoms with Crippen LogP contribution in [0, 0.1) is 0 Å². The van der Waals surface area contributed by atoms with Crippen molar-refractivity contribution in [2.45, 2.75) is 25.0 Å². The second-order valence-corrected chi connectivity index (χ2v) is 8.55. The van der Waals surface area contributed by atoms with Gasteiger partial charge < -0.3 is 10.1 Å². The molecule has 3 aromatic rings.